The van der Waals surface area contributed by atoms with Gasteiger partial charge in [-0.3, -0.25) is 19.9 Å². The van der Waals surface area contributed by atoms with Gasteiger partial charge in [0.05, 0.1) is 28.7 Å². The zero-order valence-electron chi connectivity index (χ0n) is 14.0. The average molecular weight is 394 g/mol. The summed E-state index contributed by atoms with van der Waals surface area (Å²) >= 11 is 0. The maximum absolute atomic E-state index is 12.8. The highest BCUT2D eigenvalue weighted by molar-refractivity contribution is 7.91. The molecule has 0 atom stereocenters. The SMILES string of the molecule is CCS(=O)(=O)c1cccnc1-c1cnc(-c2ccnc(C(F)(F)F)c2)cn1. The first-order valence-electron chi connectivity index (χ1n) is 7.76. The second-order valence-electron chi connectivity index (χ2n) is 5.47. The molecule has 3 rings (SSSR count). The Morgan fingerprint density at radius 3 is 2.30 bits per heavy atom. The lowest BCUT2D eigenvalue weighted by Crippen LogP contribution is -2.08. The van der Waals surface area contributed by atoms with Crippen molar-refractivity contribution in [3.63, 3.8) is 0 Å². The van der Waals surface area contributed by atoms with Gasteiger partial charge in [0, 0.05) is 18.0 Å². The highest BCUT2D eigenvalue weighted by atomic mass is 32.2. The van der Waals surface area contributed by atoms with Crippen LogP contribution in [0.5, 0.6) is 0 Å². The van der Waals surface area contributed by atoms with Crippen molar-refractivity contribution >= 4 is 9.84 Å². The monoisotopic (exact) mass is 394 g/mol. The van der Waals surface area contributed by atoms with Gasteiger partial charge in [-0.25, -0.2) is 8.42 Å². The van der Waals surface area contributed by atoms with Crippen molar-refractivity contribution in [1.29, 1.82) is 0 Å². The first kappa shape index (κ1) is 18.9. The molecule has 0 aliphatic rings. The minimum Gasteiger partial charge on any atom is -0.253 e. The molecule has 27 heavy (non-hydrogen) atoms. The van der Waals surface area contributed by atoms with E-state index in [1.807, 2.05) is 0 Å². The molecule has 0 spiro atoms. The van der Waals surface area contributed by atoms with Crippen LogP contribution in [-0.4, -0.2) is 34.1 Å². The van der Waals surface area contributed by atoms with Crippen molar-refractivity contribution < 1.29 is 21.6 Å². The van der Waals surface area contributed by atoms with Gasteiger partial charge in [-0.2, -0.15) is 13.2 Å². The van der Waals surface area contributed by atoms with Crippen molar-refractivity contribution in [2.75, 3.05) is 5.75 Å². The number of rotatable bonds is 4. The fourth-order valence-electron chi connectivity index (χ4n) is 2.33. The Hall–Kier alpha value is -2.88. The number of sulfone groups is 1. The van der Waals surface area contributed by atoms with E-state index < -0.39 is 21.7 Å². The molecular weight excluding hydrogens is 381 g/mol. The van der Waals surface area contributed by atoms with Crippen LogP contribution in [0.4, 0.5) is 13.2 Å². The molecule has 0 aliphatic heterocycles. The molecule has 0 aliphatic carbocycles. The second-order valence-corrected chi connectivity index (χ2v) is 7.71. The van der Waals surface area contributed by atoms with Gasteiger partial charge in [-0.15, -0.1) is 0 Å². The Bertz CT molecular complexity index is 1070. The van der Waals surface area contributed by atoms with Crippen LogP contribution in [-0.2, 0) is 16.0 Å². The molecule has 0 radical (unpaired) electrons. The first-order valence-corrected chi connectivity index (χ1v) is 9.41. The number of hydrogen-bond donors (Lipinski definition) is 0. The van der Waals surface area contributed by atoms with Gasteiger partial charge in [0.2, 0.25) is 0 Å². The maximum Gasteiger partial charge on any atom is 0.433 e. The maximum atomic E-state index is 12.8. The fourth-order valence-corrected chi connectivity index (χ4v) is 3.38. The normalized spacial score (nSPS) is 12.1. The van der Waals surface area contributed by atoms with Gasteiger partial charge in [-0.05, 0) is 24.3 Å². The van der Waals surface area contributed by atoms with Gasteiger partial charge in [0.15, 0.2) is 9.84 Å². The zero-order chi connectivity index (χ0) is 19.7. The third kappa shape index (κ3) is 3.95. The van der Waals surface area contributed by atoms with Gasteiger partial charge in [0.1, 0.15) is 17.1 Å². The Balaban J connectivity index is 2.01. The van der Waals surface area contributed by atoms with E-state index in [9.17, 15) is 21.6 Å². The highest BCUT2D eigenvalue weighted by Gasteiger charge is 2.32. The van der Waals surface area contributed by atoms with Crippen LogP contribution in [0, 0.1) is 0 Å². The summed E-state index contributed by atoms with van der Waals surface area (Å²) < 4.78 is 62.8. The van der Waals surface area contributed by atoms with E-state index in [0.29, 0.717) is 0 Å². The van der Waals surface area contributed by atoms with Crippen LogP contribution >= 0.6 is 0 Å². The van der Waals surface area contributed by atoms with Crippen molar-refractivity contribution in [3.8, 4) is 22.6 Å². The fraction of sp³-hybridized carbons (Fsp3) is 0.176. The standard InChI is InChI=1S/C17H13F3N4O2S/c1-2-27(25,26)14-4-3-6-22-16(14)13-10-23-12(9-24-13)11-5-7-21-15(8-11)17(18,19)20/h3-10H,2H2,1H3. The first-order chi connectivity index (χ1) is 12.7. The van der Waals surface area contributed by atoms with Gasteiger partial charge in [0.25, 0.3) is 0 Å². The smallest absolute Gasteiger partial charge is 0.253 e. The summed E-state index contributed by atoms with van der Waals surface area (Å²) in [6.07, 6.45) is 0.444. The lowest BCUT2D eigenvalue weighted by Gasteiger charge is -2.09. The second kappa shape index (κ2) is 7.03. The summed E-state index contributed by atoms with van der Waals surface area (Å²) in [5, 5.41) is 0. The lowest BCUT2D eigenvalue weighted by molar-refractivity contribution is -0.141. The quantitative estimate of drug-likeness (QED) is 0.674. The number of alkyl halides is 3. The van der Waals surface area contributed by atoms with E-state index in [0.717, 1.165) is 12.3 Å². The van der Waals surface area contributed by atoms with Crippen LogP contribution in [0.1, 0.15) is 12.6 Å². The summed E-state index contributed by atoms with van der Waals surface area (Å²) in [6.45, 7) is 1.52. The molecule has 0 unspecified atom stereocenters. The molecule has 0 amide bonds. The van der Waals surface area contributed by atoms with Crippen LogP contribution in [0.15, 0.2) is 53.9 Å². The molecule has 3 heterocycles. The van der Waals surface area contributed by atoms with Crippen LogP contribution in [0.25, 0.3) is 22.6 Å². The van der Waals surface area contributed by atoms with E-state index in [1.54, 1.807) is 0 Å². The number of nitrogens with zero attached hydrogens (tertiary/aromatic N) is 4. The summed E-state index contributed by atoms with van der Waals surface area (Å²) in [5.41, 5.74) is -0.297. The third-order valence-electron chi connectivity index (χ3n) is 3.73. The van der Waals surface area contributed by atoms with Crippen molar-refractivity contribution in [1.82, 2.24) is 19.9 Å². The van der Waals surface area contributed by atoms with Crippen molar-refractivity contribution in [2.24, 2.45) is 0 Å². The van der Waals surface area contributed by atoms with E-state index in [-0.39, 0.29) is 33.3 Å². The van der Waals surface area contributed by atoms with Crippen LogP contribution < -0.4 is 0 Å². The van der Waals surface area contributed by atoms with E-state index in [2.05, 4.69) is 19.9 Å². The van der Waals surface area contributed by atoms with Gasteiger partial charge >= 0.3 is 6.18 Å². The molecular formula is C17H13F3N4O2S. The molecule has 0 saturated carbocycles. The summed E-state index contributed by atoms with van der Waals surface area (Å²) in [5.74, 6) is -0.103. The van der Waals surface area contributed by atoms with E-state index in [4.69, 9.17) is 0 Å². The molecule has 140 valence electrons. The topological polar surface area (TPSA) is 85.7 Å². The lowest BCUT2D eigenvalue weighted by atomic mass is 10.1. The molecule has 6 nitrogen and oxygen atoms in total. The Labute approximate surface area is 153 Å². The predicted octanol–water partition coefficient (Wildman–Crippen LogP) is 3.41. The van der Waals surface area contributed by atoms with Gasteiger partial charge < -0.3 is 0 Å². The average Bonchev–Trinajstić information content (AvgIpc) is 2.67. The zero-order valence-corrected chi connectivity index (χ0v) is 14.8. The number of hydrogen-bond acceptors (Lipinski definition) is 6. The highest BCUT2D eigenvalue weighted by Crippen LogP contribution is 2.30. The Morgan fingerprint density at radius 2 is 1.67 bits per heavy atom. The molecule has 0 fully saturated rings. The minimum absolute atomic E-state index is 0.0258. The molecule has 0 bridgehead atoms. The summed E-state index contributed by atoms with van der Waals surface area (Å²) in [7, 11) is -3.52. The van der Waals surface area contributed by atoms with Gasteiger partial charge in [-0.1, -0.05) is 6.92 Å². The summed E-state index contributed by atoms with van der Waals surface area (Å²) in [4.78, 5) is 15.6. The molecule has 10 heteroatoms. The molecule has 0 aromatic carbocycles. The molecule has 3 aromatic rings. The molecule has 0 N–H and O–H groups in total. The number of pyridine rings is 2. The Kier molecular flexibility index (Phi) is 4.92. The van der Waals surface area contributed by atoms with Crippen molar-refractivity contribution in [3.05, 3.63) is 54.7 Å². The van der Waals surface area contributed by atoms with Crippen molar-refractivity contribution in [2.45, 2.75) is 18.0 Å². The largest absolute Gasteiger partial charge is 0.433 e. The van der Waals surface area contributed by atoms with E-state index in [1.165, 1.54) is 43.7 Å². The van der Waals surface area contributed by atoms with Crippen LogP contribution in [0.2, 0.25) is 0 Å². The molecule has 0 saturated heterocycles. The molecule has 3 aromatic heterocycles. The number of halogens is 3. The third-order valence-corrected chi connectivity index (χ3v) is 5.49. The minimum atomic E-state index is -4.57. The number of aromatic nitrogens is 4. The summed E-state index contributed by atoms with van der Waals surface area (Å²) in [6, 6.07) is 5.18. The van der Waals surface area contributed by atoms with E-state index >= 15 is 0 Å². The van der Waals surface area contributed by atoms with Crippen LogP contribution in [0.3, 0.4) is 0 Å². The predicted molar refractivity (Wildman–Crippen MR) is 91.2 cm³/mol. The Morgan fingerprint density at radius 1 is 0.963 bits per heavy atom.